The molecule has 0 aliphatic carbocycles. The van der Waals surface area contributed by atoms with Crippen molar-refractivity contribution < 1.29 is 19.1 Å². The van der Waals surface area contributed by atoms with Gasteiger partial charge in [-0.2, -0.15) is 5.10 Å². The Labute approximate surface area is 199 Å². The van der Waals surface area contributed by atoms with E-state index < -0.39 is 11.8 Å². The molecule has 0 unspecified atom stereocenters. The fourth-order valence-corrected chi connectivity index (χ4v) is 2.97. The molecule has 3 amide bonds. The van der Waals surface area contributed by atoms with E-state index in [-0.39, 0.29) is 12.5 Å². The number of ether oxygens (including phenoxy) is 1. The van der Waals surface area contributed by atoms with Crippen molar-refractivity contribution in [1.82, 2.24) is 5.43 Å². The second-order valence-electron chi connectivity index (χ2n) is 6.91. The molecule has 0 fully saturated rings. The first kappa shape index (κ1) is 23.7. The molecule has 0 aromatic heterocycles. The number of benzene rings is 3. The second kappa shape index (κ2) is 11.6. The zero-order valence-electron chi connectivity index (χ0n) is 17.7. The molecule has 0 radical (unpaired) electrons. The number of nitrogens with zero attached hydrogens (tertiary/aromatic N) is 1. The summed E-state index contributed by atoms with van der Waals surface area (Å²) in [5, 5.41) is 9.02. The summed E-state index contributed by atoms with van der Waals surface area (Å²) in [5.74, 6) is -1.51. The minimum atomic E-state index is -0.901. The van der Waals surface area contributed by atoms with Crippen molar-refractivity contribution in [2.75, 3.05) is 17.2 Å². The Kier molecular flexibility index (Phi) is 8.31. The molecule has 0 bridgehead atoms. The van der Waals surface area contributed by atoms with Crippen LogP contribution in [0.25, 0.3) is 0 Å². The quantitative estimate of drug-likeness (QED) is 0.255. The van der Waals surface area contributed by atoms with E-state index in [1.54, 1.807) is 48.5 Å². The van der Waals surface area contributed by atoms with Crippen molar-refractivity contribution in [3.05, 3.63) is 88.4 Å². The number of anilines is 2. The van der Waals surface area contributed by atoms with Crippen LogP contribution in [-0.4, -0.2) is 30.5 Å². The van der Waals surface area contributed by atoms with Crippen LogP contribution in [0.5, 0.6) is 5.75 Å². The van der Waals surface area contributed by atoms with Gasteiger partial charge in [-0.3, -0.25) is 14.4 Å². The van der Waals surface area contributed by atoms with E-state index in [2.05, 4.69) is 37.1 Å². The molecule has 0 atom stereocenters. The topological polar surface area (TPSA) is 109 Å². The second-order valence-corrected chi connectivity index (χ2v) is 7.76. The van der Waals surface area contributed by atoms with Crippen LogP contribution in [0.15, 0.2) is 82.4 Å². The van der Waals surface area contributed by atoms with E-state index >= 15 is 0 Å². The number of nitrogens with one attached hydrogen (secondary N) is 3. The predicted molar refractivity (Wildman–Crippen MR) is 130 cm³/mol. The van der Waals surface area contributed by atoms with Gasteiger partial charge in [0.05, 0.1) is 11.9 Å². The number of hydrazone groups is 1. The molecule has 3 aromatic carbocycles. The summed E-state index contributed by atoms with van der Waals surface area (Å²) in [6, 6.07) is 21.1. The molecule has 0 spiro atoms. The van der Waals surface area contributed by atoms with Crippen LogP contribution in [0, 0.1) is 6.92 Å². The maximum Gasteiger partial charge on any atom is 0.329 e. The van der Waals surface area contributed by atoms with Crippen molar-refractivity contribution in [1.29, 1.82) is 0 Å². The standard InChI is InChI=1S/C24H21BrN4O4/c1-16-6-10-18(11-7-16)27-22(30)15-33-19-12-8-17(9-13-19)14-26-29-24(32)23(31)28-21-5-3-2-4-20(21)25/h2-14H,15H2,1H3,(H,27,30)(H,28,31)(H,29,32)/b26-14-. The lowest BCUT2D eigenvalue weighted by molar-refractivity contribution is -0.136. The van der Waals surface area contributed by atoms with Crippen molar-refractivity contribution in [2.24, 2.45) is 5.10 Å². The molecule has 0 aliphatic heterocycles. The highest BCUT2D eigenvalue weighted by atomic mass is 79.9. The SMILES string of the molecule is Cc1ccc(NC(=O)COc2ccc(/C=N\NC(=O)C(=O)Nc3ccccc3Br)cc2)cc1. The van der Waals surface area contributed by atoms with Gasteiger partial charge >= 0.3 is 11.8 Å². The summed E-state index contributed by atoms with van der Waals surface area (Å²) >= 11 is 3.29. The van der Waals surface area contributed by atoms with E-state index in [0.29, 0.717) is 27.2 Å². The number of para-hydroxylation sites is 1. The van der Waals surface area contributed by atoms with Gasteiger partial charge in [0.15, 0.2) is 6.61 Å². The maximum atomic E-state index is 12.0. The molecule has 3 N–H and O–H groups in total. The minimum absolute atomic E-state index is 0.135. The van der Waals surface area contributed by atoms with Gasteiger partial charge < -0.3 is 15.4 Å². The van der Waals surface area contributed by atoms with E-state index in [4.69, 9.17) is 4.74 Å². The van der Waals surface area contributed by atoms with Crippen LogP contribution in [0.4, 0.5) is 11.4 Å². The Bertz CT molecular complexity index is 1160. The van der Waals surface area contributed by atoms with Crippen molar-refractivity contribution >= 4 is 51.2 Å². The number of carbonyl (C=O) groups excluding carboxylic acids is 3. The molecule has 33 heavy (non-hydrogen) atoms. The van der Waals surface area contributed by atoms with Gasteiger partial charge in [-0.25, -0.2) is 5.43 Å². The van der Waals surface area contributed by atoms with Gasteiger partial charge in [-0.15, -0.1) is 0 Å². The largest absolute Gasteiger partial charge is 0.484 e. The average Bonchev–Trinajstić information content (AvgIpc) is 2.81. The highest BCUT2D eigenvalue weighted by molar-refractivity contribution is 9.10. The summed E-state index contributed by atoms with van der Waals surface area (Å²) in [6.45, 7) is 1.84. The van der Waals surface area contributed by atoms with Crippen LogP contribution in [0.3, 0.4) is 0 Å². The number of hydrogen-bond donors (Lipinski definition) is 3. The molecule has 0 heterocycles. The van der Waals surface area contributed by atoms with Crippen LogP contribution >= 0.6 is 15.9 Å². The fourth-order valence-electron chi connectivity index (χ4n) is 2.59. The number of hydrogen-bond acceptors (Lipinski definition) is 5. The molecule has 0 saturated carbocycles. The lowest BCUT2D eigenvalue weighted by Gasteiger charge is -2.08. The lowest BCUT2D eigenvalue weighted by atomic mass is 10.2. The zero-order chi connectivity index (χ0) is 23.6. The Morgan fingerprint density at radius 3 is 2.30 bits per heavy atom. The summed E-state index contributed by atoms with van der Waals surface area (Å²) < 4.78 is 6.13. The smallest absolute Gasteiger partial charge is 0.329 e. The average molecular weight is 509 g/mol. The molecule has 8 nitrogen and oxygen atoms in total. The molecular formula is C24H21BrN4O4. The fraction of sp³-hybridized carbons (Fsp3) is 0.0833. The first-order valence-electron chi connectivity index (χ1n) is 9.89. The van der Waals surface area contributed by atoms with Gasteiger partial charge in [0, 0.05) is 10.2 Å². The summed E-state index contributed by atoms with van der Waals surface area (Å²) in [4.78, 5) is 35.8. The normalized spacial score (nSPS) is 10.5. The Morgan fingerprint density at radius 1 is 0.909 bits per heavy atom. The van der Waals surface area contributed by atoms with Crippen molar-refractivity contribution in [3.8, 4) is 5.75 Å². The van der Waals surface area contributed by atoms with E-state index in [1.165, 1.54) is 6.21 Å². The van der Waals surface area contributed by atoms with Crippen molar-refractivity contribution in [3.63, 3.8) is 0 Å². The number of rotatable bonds is 7. The lowest BCUT2D eigenvalue weighted by Crippen LogP contribution is -2.32. The highest BCUT2D eigenvalue weighted by Crippen LogP contribution is 2.20. The third kappa shape index (κ3) is 7.58. The Hall–Kier alpha value is -3.98. The summed E-state index contributed by atoms with van der Waals surface area (Å²) in [6.07, 6.45) is 1.39. The van der Waals surface area contributed by atoms with Crippen LogP contribution in [-0.2, 0) is 14.4 Å². The Morgan fingerprint density at radius 2 is 1.61 bits per heavy atom. The molecule has 0 aliphatic rings. The highest BCUT2D eigenvalue weighted by Gasteiger charge is 2.14. The number of carbonyl (C=O) groups is 3. The van der Waals surface area contributed by atoms with E-state index in [0.717, 1.165) is 5.56 Å². The van der Waals surface area contributed by atoms with Gasteiger partial charge in [-0.05, 0) is 76.9 Å². The number of amides is 3. The summed E-state index contributed by atoms with van der Waals surface area (Å²) in [5.41, 5.74) is 5.12. The van der Waals surface area contributed by atoms with Crippen LogP contribution in [0.1, 0.15) is 11.1 Å². The number of halogens is 1. The number of aryl methyl sites for hydroxylation is 1. The first-order chi connectivity index (χ1) is 15.9. The van der Waals surface area contributed by atoms with Gasteiger partial charge in [0.1, 0.15) is 5.75 Å². The zero-order valence-corrected chi connectivity index (χ0v) is 19.3. The maximum absolute atomic E-state index is 12.0. The van der Waals surface area contributed by atoms with E-state index in [9.17, 15) is 14.4 Å². The molecule has 0 saturated heterocycles. The monoisotopic (exact) mass is 508 g/mol. The third-order valence-electron chi connectivity index (χ3n) is 4.29. The van der Waals surface area contributed by atoms with Crippen LogP contribution < -0.4 is 20.8 Å². The molecular weight excluding hydrogens is 488 g/mol. The van der Waals surface area contributed by atoms with Gasteiger partial charge in [0.2, 0.25) is 0 Å². The molecule has 3 rings (SSSR count). The van der Waals surface area contributed by atoms with E-state index in [1.807, 2.05) is 31.2 Å². The molecule has 9 heteroatoms. The van der Waals surface area contributed by atoms with Gasteiger partial charge in [-0.1, -0.05) is 29.8 Å². The third-order valence-corrected chi connectivity index (χ3v) is 4.98. The molecule has 3 aromatic rings. The predicted octanol–water partition coefficient (Wildman–Crippen LogP) is 3.86. The Balaban J connectivity index is 1.43. The first-order valence-corrected chi connectivity index (χ1v) is 10.7. The summed E-state index contributed by atoms with van der Waals surface area (Å²) in [7, 11) is 0. The molecule has 168 valence electrons. The van der Waals surface area contributed by atoms with Crippen LogP contribution in [0.2, 0.25) is 0 Å². The minimum Gasteiger partial charge on any atom is -0.484 e. The van der Waals surface area contributed by atoms with Gasteiger partial charge in [0.25, 0.3) is 5.91 Å². The van der Waals surface area contributed by atoms with Crippen molar-refractivity contribution in [2.45, 2.75) is 6.92 Å².